The van der Waals surface area contributed by atoms with Gasteiger partial charge in [-0.05, 0) is 43.7 Å². The molecule has 0 atom stereocenters. The van der Waals surface area contributed by atoms with Crippen molar-refractivity contribution in [1.29, 1.82) is 0 Å². The van der Waals surface area contributed by atoms with E-state index >= 15 is 0 Å². The molecule has 0 N–H and O–H groups in total. The van der Waals surface area contributed by atoms with E-state index in [0.717, 1.165) is 15.8 Å². The van der Waals surface area contributed by atoms with Crippen molar-refractivity contribution < 1.29 is 19.0 Å². The molecule has 3 rings (SSSR count). The average molecular weight is 401 g/mol. The molecule has 0 aliphatic carbocycles. The van der Waals surface area contributed by atoms with Crippen molar-refractivity contribution in [3.8, 4) is 11.5 Å². The van der Waals surface area contributed by atoms with Gasteiger partial charge in [0.1, 0.15) is 0 Å². The Morgan fingerprint density at radius 1 is 1.18 bits per heavy atom. The highest BCUT2D eigenvalue weighted by atomic mass is 32.1. The number of aromatic nitrogens is 1. The summed E-state index contributed by atoms with van der Waals surface area (Å²) < 4.78 is 19.3. The van der Waals surface area contributed by atoms with Gasteiger partial charge in [-0.2, -0.15) is 4.99 Å². The largest absolute Gasteiger partial charge is 0.493 e. The van der Waals surface area contributed by atoms with Gasteiger partial charge in [0, 0.05) is 13.2 Å². The van der Waals surface area contributed by atoms with Gasteiger partial charge in [0.25, 0.3) is 5.91 Å². The van der Waals surface area contributed by atoms with Crippen LogP contribution in [0.2, 0.25) is 0 Å². The van der Waals surface area contributed by atoms with E-state index in [9.17, 15) is 4.79 Å². The molecule has 1 heterocycles. The number of hydrogen-bond acceptors (Lipinski definition) is 5. The van der Waals surface area contributed by atoms with Crippen LogP contribution in [-0.2, 0) is 11.3 Å². The van der Waals surface area contributed by atoms with E-state index < -0.39 is 0 Å². The van der Waals surface area contributed by atoms with E-state index in [2.05, 4.69) is 23.2 Å². The molecular weight excluding hydrogens is 376 g/mol. The van der Waals surface area contributed by atoms with Crippen LogP contribution in [0.15, 0.2) is 41.4 Å². The van der Waals surface area contributed by atoms with Gasteiger partial charge in [0.15, 0.2) is 16.3 Å². The predicted molar refractivity (Wildman–Crippen MR) is 110 cm³/mol. The van der Waals surface area contributed by atoms with Crippen molar-refractivity contribution >= 4 is 27.5 Å². The zero-order valence-electron chi connectivity index (χ0n) is 16.5. The number of thiazole rings is 1. The number of carbonyl (C=O) groups is 1. The first-order chi connectivity index (χ1) is 13.6. The molecule has 0 spiro atoms. The molecule has 0 fully saturated rings. The summed E-state index contributed by atoms with van der Waals surface area (Å²) in [7, 11) is 3.05. The molecule has 0 unspecified atom stereocenters. The molecule has 2 aromatic carbocycles. The number of amides is 1. The van der Waals surface area contributed by atoms with Gasteiger partial charge in [-0.1, -0.05) is 23.5 Å². The van der Waals surface area contributed by atoms with E-state index in [4.69, 9.17) is 14.2 Å². The lowest BCUT2D eigenvalue weighted by Gasteiger charge is -2.10. The minimum atomic E-state index is -0.371. The van der Waals surface area contributed by atoms with Crippen LogP contribution in [0.1, 0.15) is 22.8 Å². The molecule has 1 amide bonds. The average Bonchev–Trinajstić information content (AvgIpc) is 3.03. The third kappa shape index (κ3) is 4.10. The number of carbonyl (C=O) groups excluding carboxylic acids is 1. The molecule has 7 heteroatoms. The van der Waals surface area contributed by atoms with E-state index in [-0.39, 0.29) is 5.91 Å². The highest BCUT2D eigenvalue weighted by Crippen LogP contribution is 2.31. The second-order valence-electron chi connectivity index (χ2n) is 6.16. The molecule has 0 saturated heterocycles. The minimum absolute atomic E-state index is 0.367. The Labute approximate surface area is 168 Å². The fourth-order valence-corrected chi connectivity index (χ4v) is 4.14. The Bertz CT molecular complexity index is 1050. The minimum Gasteiger partial charge on any atom is -0.493 e. The monoisotopic (exact) mass is 400 g/mol. The Hall–Kier alpha value is -2.64. The molecule has 0 saturated carbocycles. The zero-order chi connectivity index (χ0) is 20.1. The van der Waals surface area contributed by atoms with Gasteiger partial charge in [-0.25, -0.2) is 0 Å². The summed E-state index contributed by atoms with van der Waals surface area (Å²) in [4.78, 5) is 18.0. The molecule has 28 heavy (non-hydrogen) atoms. The summed E-state index contributed by atoms with van der Waals surface area (Å²) in [5, 5.41) is 0. The molecule has 0 aliphatic rings. The van der Waals surface area contributed by atoms with Crippen LogP contribution in [0.3, 0.4) is 0 Å². The summed E-state index contributed by atoms with van der Waals surface area (Å²) in [6, 6.07) is 11.4. The van der Waals surface area contributed by atoms with Crippen LogP contribution in [0.25, 0.3) is 10.2 Å². The number of methoxy groups -OCH3 is 2. The summed E-state index contributed by atoms with van der Waals surface area (Å²) in [5.41, 5.74) is 2.57. The van der Waals surface area contributed by atoms with Crippen LogP contribution in [0, 0.1) is 6.92 Å². The fraction of sp³-hybridized carbons (Fsp3) is 0.333. The number of aryl methyl sites for hydroxylation is 1. The second kappa shape index (κ2) is 9.03. The zero-order valence-corrected chi connectivity index (χ0v) is 17.3. The van der Waals surface area contributed by atoms with Gasteiger partial charge >= 0.3 is 0 Å². The third-order valence-corrected chi connectivity index (χ3v) is 5.37. The molecule has 3 aromatic rings. The van der Waals surface area contributed by atoms with Crippen molar-refractivity contribution in [2.75, 3.05) is 27.4 Å². The Balaban J connectivity index is 2.10. The number of rotatable bonds is 7. The highest BCUT2D eigenvalue weighted by molar-refractivity contribution is 7.16. The molecular formula is C21H24N2O4S. The first kappa shape index (κ1) is 20.1. The number of benzene rings is 2. The Morgan fingerprint density at radius 3 is 2.71 bits per heavy atom. The molecule has 0 bridgehead atoms. The van der Waals surface area contributed by atoms with Crippen molar-refractivity contribution in [2.24, 2.45) is 4.99 Å². The maximum absolute atomic E-state index is 12.9. The lowest BCUT2D eigenvalue weighted by atomic mass is 10.2. The van der Waals surface area contributed by atoms with Crippen LogP contribution in [0.5, 0.6) is 11.5 Å². The van der Waals surface area contributed by atoms with Crippen molar-refractivity contribution in [3.63, 3.8) is 0 Å². The number of nitrogens with zero attached hydrogens (tertiary/aromatic N) is 2. The van der Waals surface area contributed by atoms with Crippen molar-refractivity contribution in [1.82, 2.24) is 4.57 Å². The third-order valence-electron chi connectivity index (χ3n) is 4.33. The summed E-state index contributed by atoms with van der Waals surface area (Å²) in [5.74, 6) is 0.514. The molecule has 148 valence electrons. The fourth-order valence-electron chi connectivity index (χ4n) is 2.98. The van der Waals surface area contributed by atoms with Crippen molar-refractivity contribution in [3.05, 3.63) is 52.3 Å². The topological polar surface area (TPSA) is 62.1 Å². The van der Waals surface area contributed by atoms with Gasteiger partial charge in [-0.3, -0.25) is 4.79 Å². The van der Waals surface area contributed by atoms with Crippen molar-refractivity contribution in [2.45, 2.75) is 20.4 Å². The first-order valence-corrected chi connectivity index (χ1v) is 9.88. The number of para-hydroxylation sites is 1. The lowest BCUT2D eigenvalue weighted by Crippen LogP contribution is -2.20. The lowest BCUT2D eigenvalue weighted by molar-refractivity contribution is 0.0993. The normalized spacial score (nSPS) is 11.8. The SMILES string of the molecule is CCOCCn1c(=NC(=O)c2cccc(OC)c2OC)sc2cc(C)ccc21. The van der Waals surface area contributed by atoms with Gasteiger partial charge < -0.3 is 18.8 Å². The standard InChI is InChI=1S/C21H24N2O4S/c1-5-27-12-11-23-16-10-9-14(2)13-18(16)28-21(23)22-20(24)15-7-6-8-17(25-3)19(15)26-4/h6-10,13H,5,11-12H2,1-4H3. The summed E-state index contributed by atoms with van der Waals surface area (Å²) in [6.07, 6.45) is 0. The molecule has 1 aromatic heterocycles. The molecule has 0 radical (unpaired) electrons. The van der Waals surface area contributed by atoms with Crippen LogP contribution < -0.4 is 14.3 Å². The summed E-state index contributed by atoms with van der Waals surface area (Å²) in [6.45, 7) is 5.84. The van der Waals surface area contributed by atoms with E-state index in [1.807, 2.05) is 18.4 Å². The number of ether oxygens (including phenoxy) is 3. The van der Waals surface area contributed by atoms with Gasteiger partial charge in [0.05, 0.1) is 36.6 Å². The quantitative estimate of drug-likeness (QED) is 0.566. The number of fused-ring (bicyclic) bond motifs is 1. The van der Waals surface area contributed by atoms with E-state index in [1.165, 1.54) is 18.4 Å². The van der Waals surface area contributed by atoms with Gasteiger partial charge in [0.2, 0.25) is 0 Å². The maximum atomic E-state index is 12.9. The van der Waals surface area contributed by atoms with Crippen LogP contribution in [0.4, 0.5) is 0 Å². The Kier molecular flexibility index (Phi) is 6.49. The predicted octanol–water partition coefficient (Wildman–Crippen LogP) is 3.81. The Morgan fingerprint density at radius 2 is 2.00 bits per heavy atom. The highest BCUT2D eigenvalue weighted by Gasteiger charge is 2.17. The van der Waals surface area contributed by atoms with Crippen LogP contribution >= 0.6 is 11.3 Å². The maximum Gasteiger partial charge on any atom is 0.283 e. The number of hydrogen-bond donors (Lipinski definition) is 0. The second-order valence-corrected chi connectivity index (χ2v) is 7.17. The summed E-state index contributed by atoms with van der Waals surface area (Å²) >= 11 is 1.49. The first-order valence-electron chi connectivity index (χ1n) is 9.06. The van der Waals surface area contributed by atoms with E-state index in [0.29, 0.717) is 41.6 Å². The molecule has 6 nitrogen and oxygen atoms in total. The van der Waals surface area contributed by atoms with Gasteiger partial charge in [-0.15, -0.1) is 0 Å². The van der Waals surface area contributed by atoms with Crippen LogP contribution in [-0.4, -0.2) is 37.9 Å². The van der Waals surface area contributed by atoms with E-state index in [1.54, 1.807) is 25.3 Å². The molecule has 0 aliphatic heterocycles. The smallest absolute Gasteiger partial charge is 0.283 e.